The van der Waals surface area contributed by atoms with E-state index in [4.69, 9.17) is 4.74 Å². The zero-order chi connectivity index (χ0) is 12.8. The average molecular weight is 245 g/mol. The molecule has 2 aromatic rings. The molecule has 1 aromatic heterocycles. The van der Waals surface area contributed by atoms with Crippen LogP contribution in [0.2, 0.25) is 0 Å². The quantitative estimate of drug-likeness (QED) is 0.843. The molecule has 0 aliphatic carbocycles. The second-order valence-corrected chi connectivity index (χ2v) is 3.75. The van der Waals surface area contributed by atoms with Gasteiger partial charge in [0.05, 0.1) is 12.8 Å². The zero-order valence-electron chi connectivity index (χ0n) is 10.1. The van der Waals surface area contributed by atoms with Gasteiger partial charge in [0.2, 0.25) is 0 Å². The van der Waals surface area contributed by atoms with E-state index in [-0.39, 0.29) is 5.91 Å². The maximum absolute atomic E-state index is 11.8. The van der Waals surface area contributed by atoms with E-state index in [9.17, 15) is 4.79 Å². The highest BCUT2D eigenvalue weighted by Crippen LogP contribution is 2.12. The maximum Gasteiger partial charge on any atom is 0.251 e. The van der Waals surface area contributed by atoms with E-state index in [2.05, 4.69) is 15.5 Å². The lowest BCUT2D eigenvalue weighted by Crippen LogP contribution is -2.22. The third kappa shape index (κ3) is 3.10. The number of hydrogen-bond acceptors (Lipinski definition) is 3. The molecule has 0 saturated carbocycles. The molecule has 0 aliphatic rings. The topological polar surface area (TPSA) is 67.0 Å². The molecule has 0 atom stereocenters. The van der Waals surface area contributed by atoms with Gasteiger partial charge in [-0.2, -0.15) is 5.10 Å². The largest absolute Gasteiger partial charge is 0.494 e. The van der Waals surface area contributed by atoms with Gasteiger partial charge in [-0.3, -0.25) is 9.89 Å². The molecule has 0 unspecified atom stereocenters. The van der Waals surface area contributed by atoms with E-state index in [1.165, 1.54) is 0 Å². The third-order valence-electron chi connectivity index (χ3n) is 2.44. The molecule has 5 nitrogen and oxygen atoms in total. The molecule has 0 saturated heterocycles. The molecule has 0 spiro atoms. The van der Waals surface area contributed by atoms with Crippen molar-refractivity contribution in [2.24, 2.45) is 0 Å². The first-order chi connectivity index (χ1) is 8.79. The Bertz CT molecular complexity index is 491. The normalized spacial score (nSPS) is 10.1. The summed E-state index contributed by atoms with van der Waals surface area (Å²) in [6.45, 7) is 3.00. The summed E-state index contributed by atoms with van der Waals surface area (Å²) in [5.74, 6) is 0.656. The van der Waals surface area contributed by atoms with E-state index in [1.807, 2.05) is 6.92 Å². The van der Waals surface area contributed by atoms with Gasteiger partial charge in [0.15, 0.2) is 0 Å². The van der Waals surface area contributed by atoms with Crippen molar-refractivity contribution in [1.82, 2.24) is 15.5 Å². The van der Waals surface area contributed by atoms with Gasteiger partial charge in [-0.1, -0.05) is 0 Å². The van der Waals surface area contributed by atoms with Crippen LogP contribution in [0.5, 0.6) is 5.75 Å². The maximum atomic E-state index is 11.8. The summed E-state index contributed by atoms with van der Waals surface area (Å²) in [7, 11) is 0. The first kappa shape index (κ1) is 12.2. The summed E-state index contributed by atoms with van der Waals surface area (Å²) in [5, 5.41) is 9.32. The van der Waals surface area contributed by atoms with Gasteiger partial charge >= 0.3 is 0 Å². The molecule has 0 fully saturated rings. The lowest BCUT2D eigenvalue weighted by atomic mass is 10.2. The van der Waals surface area contributed by atoms with Crippen LogP contribution in [0, 0.1) is 0 Å². The van der Waals surface area contributed by atoms with Crippen molar-refractivity contribution in [2.75, 3.05) is 6.61 Å². The molecule has 0 aliphatic heterocycles. The van der Waals surface area contributed by atoms with Crippen LogP contribution >= 0.6 is 0 Å². The zero-order valence-corrected chi connectivity index (χ0v) is 10.1. The second kappa shape index (κ2) is 5.86. The highest BCUT2D eigenvalue weighted by atomic mass is 16.5. The molecule has 18 heavy (non-hydrogen) atoms. The van der Waals surface area contributed by atoms with Crippen LogP contribution < -0.4 is 10.1 Å². The van der Waals surface area contributed by atoms with Crippen LogP contribution in [0.4, 0.5) is 0 Å². The first-order valence-corrected chi connectivity index (χ1v) is 5.78. The van der Waals surface area contributed by atoms with Crippen molar-refractivity contribution >= 4 is 5.91 Å². The third-order valence-corrected chi connectivity index (χ3v) is 2.44. The number of amides is 1. The van der Waals surface area contributed by atoms with Gasteiger partial charge in [-0.15, -0.1) is 0 Å². The molecule has 94 valence electrons. The lowest BCUT2D eigenvalue weighted by Gasteiger charge is -2.05. The van der Waals surface area contributed by atoms with Crippen molar-refractivity contribution in [2.45, 2.75) is 13.5 Å². The number of hydrogen-bond donors (Lipinski definition) is 2. The molecule has 0 radical (unpaired) electrons. The number of carbonyl (C=O) groups excluding carboxylic acids is 1. The van der Waals surface area contributed by atoms with Gasteiger partial charge < -0.3 is 10.1 Å². The molecule has 5 heteroatoms. The number of ether oxygens (including phenoxy) is 1. The monoisotopic (exact) mass is 245 g/mol. The van der Waals surface area contributed by atoms with E-state index < -0.39 is 0 Å². The summed E-state index contributed by atoms with van der Waals surface area (Å²) in [6.07, 6.45) is 3.43. The number of carbonyl (C=O) groups is 1. The van der Waals surface area contributed by atoms with Crippen LogP contribution in [0.25, 0.3) is 0 Å². The summed E-state index contributed by atoms with van der Waals surface area (Å²) in [4.78, 5) is 11.8. The van der Waals surface area contributed by atoms with Crippen molar-refractivity contribution < 1.29 is 9.53 Å². The highest BCUT2D eigenvalue weighted by molar-refractivity contribution is 5.94. The lowest BCUT2D eigenvalue weighted by molar-refractivity contribution is 0.0951. The smallest absolute Gasteiger partial charge is 0.251 e. The number of nitrogens with one attached hydrogen (secondary N) is 2. The SMILES string of the molecule is CCOc1ccc(C(=O)NCc2cn[nH]c2)cc1. The number of benzene rings is 1. The minimum Gasteiger partial charge on any atom is -0.494 e. The first-order valence-electron chi connectivity index (χ1n) is 5.78. The molecule has 1 amide bonds. The Kier molecular flexibility index (Phi) is 3.96. The van der Waals surface area contributed by atoms with Crippen LogP contribution in [-0.4, -0.2) is 22.7 Å². The predicted octanol–water partition coefficient (Wildman–Crippen LogP) is 1.74. The minimum absolute atomic E-state index is 0.112. The molecule has 0 bridgehead atoms. The minimum atomic E-state index is -0.112. The van der Waals surface area contributed by atoms with Gasteiger partial charge in [-0.25, -0.2) is 0 Å². The fourth-order valence-electron chi connectivity index (χ4n) is 1.53. The highest BCUT2D eigenvalue weighted by Gasteiger charge is 2.05. The summed E-state index contributed by atoms with van der Waals surface area (Å²) in [6, 6.07) is 7.07. The van der Waals surface area contributed by atoms with Gasteiger partial charge in [-0.05, 0) is 31.2 Å². The Morgan fingerprint density at radius 1 is 1.39 bits per heavy atom. The van der Waals surface area contributed by atoms with Crippen molar-refractivity contribution in [1.29, 1.82) is 0 Å². The Morgan fingerprint density at radius 2 is 2.17 bits per heavy atom. The van der Waals surface area contributed by atoms with Crippen LogP contribution in [0.15, 0.2) is 36.7 Å². The van der Waals surface area contributed by atoms with Crippen LogP contribution in [-0.2, 0) is 6.54 Å². The van der Waals surface area contributed by atoms with Crippen molar-refractivity contribution in [3.8, 4) is 5.75 Å². The Labute approximate surface area is 105 Å². The molecular formula is C13H15N3O2. The van der Waals surface area contributed by atoms with Crippen LogP contribution in [0.1, 0.15) is 22.8 Å². The predicted molar refractivity (Wildman–Crippen MR) is 67.4 cm³/mol. The van der Waals surface area contributed by atoms with Crippen molar-refractivity contribution in [3.05, 3.63) is 47.8 Å². The number of H-pyrrole nitrogens is 1. The summed E-state index contributed by atoms with van der Waals surface area (Å²) in [5.41, 5.74) is 1.55. The van der Waals surface area contributed by atoms with Gasteiger partial charge in [0.1, 0.15) is 5.75 Å². The number of aromatic nitrogens is 2. The molecule has 1 heterocycles. The number of aromatic amines is 1. The standard InChI is InChI=1S/C13H15N3O2/c1-2-18-12-5-3-11(4-6-12)13(17)14-7-10-8-15-16-9-10/h3-6,8-9H,2,7H2,1H3,(H,14,17)(H,15,16). The average Bonchev–Trinajstić information content (AvgIpc) is 2.90. The van der Waals surface area contributed by atoms with Gasteiger partial charge in [0, 0.05) is 23.9 Å². The van der Waals surface area contributed by atoms with E-state index in [0.29, 0.717) is 18.7 Å². The Balaban J connectivity index is 1.92. The molecular weight excluding hydrogens is 230 g/mol. The second-order valence-electron chi connectivity index (χ2n) is 3.75. The summed E-state index contributed by atoms with van der Waals surface area (Å²) >= 11 is 0. The van der Waals surface area contributed by atoms with Crippen molar-refractivity contribution in [3.63, 3.8) is 0 Å². The molecule has 2 N–H and O–H groups in total. The molecule has 1 aromatic carbocycles. The Morgan fingerprint density at radius 3 is 2.78 bits per heavy atom. The fraction of sp³-hybridized carbons (Fsp3) is 0.231. The summed E-state index contributed by atoms with van der Waals surface area (Å²) < 4.78 is 5.32. The molecule has 2 rings (SSSR count). The fourth-order valence-corrected chi connectivity index (χ4v) is 1.53. The number of rotatable bonds is 5. The van der Waals surface area contributed by atoms with E-state index in [1.54, 1.807) is 36.7 Å². The number of nitrogens with zero attached hydrogens (tertiary/aromatic N) is 1. The van der Waals surface area contributed by atoms with Crippen LogP contribution in [0.3, 0.4) is 0 Å². The van der Waals surface area contributed by atoms with E-state index >= 15 is 0 Å². The van der Waals surface area contributed by atoms with E-state index in [0.717, 1.165) is 11.3 Å². The van der Waals surface area contributed by atoms with Gasteiger partial charge in [0.25, 0.3) is 5.91 Å². The Hall–Kier alpha value is -2.30.